The highest BCUT2D eigenvalue weighted by atomic mass is 32.1. The van der Waals surface area contributed by atoms with Crippen molar-refractivity contribution in [2.75, 3.05) is 25.0 Å². The van der Waals surface area contributed by atoms with Gasteiger partial charge < -0.3 is 5.32 Å². The van der Waals surface area contributed by atoms with Crippen LogP contribution < -0.4 is 5.32 Å². The summed E-state index contributed by atoms with van der Waals surface area (Å²) in [7, 11) is 0. The van der Waals surface area contributed by atoms with E-state index in [4.69, 9.17) is 0 Å². The summed E-state index contributed by atoms with van der Waals surface area (Å²) in [4.78, 5) is 2.53. The maximum Gasteiger partial charge on any atom is 0.205 e. The van der Waals surface area contributed by atoms with Crippen molar-refractivity contribution < 1.29 is 0 Å². The van der Waals surface area contributed by atoms with Crippen molar-refractivity contribution in [2.24, 2.45) is 5.41 Å². The number of hydrogen-bond acceptors (Lipinski definition) is 5. The van der Waals surface area contributed by atoms with Gasteiger partial charge in [-0.05, 0) is 44.2 Å². The standard InChI is InChI=1S/C14H26N4S/c1-4-8-15-13-17-16-12(19-13)11-18-9-5-6-14(2,3)7-10-18/h4-11H2,1-3H3,(H,15,17). The maximum atomic E-state index is 4.29. The first-order valence-corrected chi connectivity index (χ1v) is 8.19. The molecule has 5 heteroatoms. The van der Waals surface area contributed by atoms with Gasteiger partial charge in [0.2, 0.25) is 5.13 Å². The van der Waals surface area contributed by atoms with Gasteiger partial charge in [-0.15, -0.1) is 10.2 Å². The third-order valence-electron chi connectivity index (χ3n) is 3.78. The van der Waals surface area contributed by atoms with Crippen LogP contribution in [0.2, 0.25) is 0 Å². The summed E-state index contributed by atoms with van der Waals surface area (Å²) >= 11 is 1.70. The highest BCUT2D eigenvalue weighted by Crippen LogP contribution is 2.30. The van der Waals surface area contributed by atoms with E-state index in [1.165, 1.54) is 32.4 Å². The van der Waals surface area contributed by atoms with Gasteiger partial charge in [0.15, 0.2) is 0 Å². The minimum absolute atomic E-state index is 0.504. The van der Waals surface area contributed by atoms with E-state index in [-0.39, 0.29) is 0 Å². The van der Waals surface area contributed by atoms with E-state index >= 15 is 0 Å². The number of aromatic nitrogens is 2. The first-order chi connectivity index (χ1) is 9.09. The number of likely N-dealkylation sites (tertiary alicyclic amines) is 1. The Hall–Kier alpha value is -0.680. The van der Waals surface area contributed by atoms with Crippen LogP contribution in [0.25, 0.3) is 0 Å². The lowest BCUT2D eigenvalue weighted by molar-refractivity contribution is 0.255. The molecule has 19 heavy (non-hydrogen) atoms. The second-order valence-electron chi connectivity index (χ2n) is 6.22. The zero-order valence-corrected chi connectivity index (χ0v) is 13.2. The molecule has 0 amide bonds. The largest absolute Gasteiger partial charge is 0.360 e. The molecule has 0 radical (unpaired) electrons. The molecule has 0 saturated carbocycles. The lowest BCUT2D eigenvalue weighted by Gasteiger charge is -2.22. The summed E-state index contributed by atoms with van der Waals surface area (Å²) in [5, 5.41) is 13.9. The molecule has 1 N–H and O–H groups in total. The molecule has 1 aromatic heterocycles. The van der Waals surface area contributed by atoms with E-state index in [1.54, 1.807) is 11.3 Å². The van der Waals surface area contributed by atoms with Crippen LogP contribution in [0.5, 0.6) is 0 Å². The smallest absolute Gasteiger partial charge is 0.205 e. The summed E-state index contributed by atoms with van der Waals surface area (Å²) in [6.45, 7) is 11.2. The van der Waals surface area contributed by atoms with E-state index in [1.807, 2.05) is 0 Å². The molecule has 0 bridgehead atoms. The van der Waals surface area contributed by atoms with Gasteiger partial charge in [0, 0.05) is 6.54 Å². The monoisotopic (exact) mass is 282 g/mol. The van der Waals surface area contributed by atoms with Gasteiger partial charge >= 0.3 is 0 Å². The number of nitrogens with zero attached hydrogens (tertiary/aromatic N) is 3. The topological polar surface area (TPSA) is 41.1 Å². The first-order valence-electron chi connectivity index (χ1n) is 7.38. The van der Waals surface area contributed by atoms with Gasteiger partial charge in [0.05, 0.1) is 6.54 Å². The van der Waals surface area contributed by atoms with Gasteiger partial charge in [0.1, 0.15) is 5.01 Å². The summed E-state index contributed by atoms with van der Waals surface area (Å²) < 4.78 is 0. The third kappa shape index (κ3) is 4.73. The Bertz CT molecular complexity index is 389. The Kier molecular flexibility index (Phi) is 5.16. The Morgan fingerprint density at radius 3 is 2.89 bits per heavy atom. The highest BCUT2D eigenvalue weighted by molar-refractivity contribution is 7.15. The summed E-state index contributed by atoms with van der Waals surface area (Å²) in [6.07, 6.45) is 5.04. The molecular formula is C14H26N4S. The molecule has 1 fully saturated rings. The normalized spacial score (nSPS) is 20.2. The SMILES string of the molecule is CCCNc1nnc(CN2CCCC(C)(C)CC2)s1. The summed E-state index contributed by atoms with van der Waals surface area (Å²) in [5.74, 6) is 0. The van der Waals surface area contributed by atoms with Gasteiger partial charge in [-0.25, -0.2) is 0 Å². The Morgan fingerprint density at radius 1 is 1.26 bits per heavy atom. The molecule has 1 aliphatic heterocycles. The first kappa shape index (κ1) is 14.7. The number of hydrogen-bond donors (Lipinski definition) is 1. The fourth-order valence-corrected chi connectivity index (χ4v) is 3.26. The molecule has 1 saturated heterocycles. The molecule has 2 rings (SSSR count). The molecule has 108 valence electrons. The van der Waals surface area contributed by atoms with Crippen molar-refractivity contribution in [2.45, 2.75) is 53.0 Å². The van der Waals surface area contributed by atoms with Gasteiger partial charge in [-0.3, -0.25) is 4.90 Å². The predicted molar refractivity (Wildman–Crippen MR) is 81.6 cm³/mol. The number of anilines is 1. The van der Waals surface area contributed by atoms with Crippen LogP contribution in [0.15, 0.2) is 0 Å². The van der Waals surface area contributed by atoms with E-state index < -0.39 is 0 Å². The van der Waals surface area contributed by atoms with Crippen LogP contribution in [-0.4, -0.2) is 34.7 Å². The van der Waals surface area contributed by atoms with Crippen LogP contribution in [0.4, 0.5) is 5.13 Å². The van der Waals surface area contributed by atoms with Crippen LogP contribution in [0, 0.1) is 5.41 Å². The van der Waals surface area contributed by atoms with E-state index in [9.17, 15) is 0 Å². The molecule has 4 nitrogen and oxygen atoms in total. The van der Waals surface area contributed by atoms with Gasteiger partial charge in [-0.1, -0.05) is 32.1 Å². The third-order valence-corrected chi connectivity index (χ3v) is 4.65. The highest BCUT2D eigenvalue weighted by Gasteiger charge is 2.23. The van der Waals surface area contributed by atoms with Crippen molar-refractivity contribution >= 4 is 16.5 Å². The minimum atomic E-state index is 0.504. The number of nitrogens with one attached hydrogen (secondary N) is 1. The average molecular weight is 282 g/mol. The lowest BCUT2D eigenvalue weighted by Crippen LogP contribution is -2.25. The predicted octanol–water partition coefficient (Wildman–Crippen LogP) is 3.37. The number of rotatable bonds is 5. The fraction of sp³-hybridized carbons (Fsp3) is 0.857. The van der Waals surface area contributed by atoms with E-state index in [0.29, 0.717) is 5.41 Å². The summed E-state index contributed by atoms with van der Waals surface area (Å²) in [5.41, 5.74) is 0.504. The minimum Gasteiger partial charge on any atom is -0.360 e. The zero-order chi connectivity index (χ0) is 13.7. The lowest BCUT2D eigenvalue weighted by atomic mass is 9.85. The molecule has 1 aliphatic rings. The fourth-order valence-electron chi connectivity index (χ4n) is 2.45. The Balaban J connectivity index is 1.85. The quantitative estimate of drug-likeness (QED) is 0.899. The van der Waals surface area contributed by atoms with Crippen molar-refractivity contribution in [1.29, 1.82) is 0 Å². The molecule has 0 spiro atoms. The summed E-state index contributed by atoms with van der Waals surface area (Å²) in [6, 6.07) is 0. The molecule has 2 heterocycles. The molecular weight excluding hydrogens is 256 g/mol. The van der Waals surface area contributed by atoms with Gasteiger partial charge in [0.25, 0.3) is 0 Å². The molecule has 0 unspecified atom stereocenters. The van der Waals surface area contributed by atoms with Crippen LogP contribution in [-0.2, 0) is 6.54 Å². The molecule has 0 aliphatic carbocycles. The van der Waals surface area contributed by atoms with Crippen LogP contribution >= 0.6 is 11.3 Å². The van der Waals surface area contributed by atoms with E-state index in [0.717, 1.165) is 29.6 Å². The molecule has 1 aromatic rings. The van der Waals surface area contributed by atoms with Crippen molar-refractivity contribution in [1.82, 2.24) is 15.1 Å². The molecule has 0 atom stereocenters. The van der Waals surface area contributed by atoms with Gasteiger partial charge in [-0.2, -0.15) is 0 Å². The van der Waals surface area contributed by atoms with Crippen LogP contribution in [0.1, 0.15) is 51.5 Å². The molecule has 0 aromatic carbocycles. The van der Waals surface area contributed by atoms with Crippen molar-refractivity contribution in [3.8, 4) is 0 Å². The zero-order valence-electron chi connectivity index (χ0n) is 12.4. The van der Waals surface area contributed by atoms with E-state index in [2.05, 4.69) is 41.2 Å². The maximum absolute atomic E-state index is 4.29. The second kappa shape index (κ2) is 6.66. The van der Waals surface area contributed by atoms with Crippen LogP contribution in [0.3, 0.4) is 0 Å². The Labute approximate surface area is 120 Å². The average Bonchev–Trinajstić information content (AvgIpc) is 2.73. The van der Waals surface area contributed by atoms with Crippen molar-refractivity contribution in [3.05, 3.63) is 5.01 Å². The second-order valence-corrected chi connectivity index (χ2v) is 7.28. The Morgan fingerprint density at radius 2 is 2.11 bits per heavy atom. The van der Waals surface area contributed by atoms with Crippen molar-refractivity contribution in [3.63, 3.8) is 0 Å².